The Hall–Kier alpha value is -1.61. The van der Waals surface area contributed by atoms with E-state index in [1.54, 1.807) is 0 Å². The number of nitrogens with one attached hydrogen (secondary N) is 1. The monoisotopic (exact) mass is 255 g/mol. The summed E-state index contributed by atoms with van der Waals surface area (Å²) < 4.78 is 0. The number of hydrogen-bond donors (Lipinski definition) is 2. The van der Waals surface area contributed by atoms with Crippen LogP contribution in [0.15, 0.2) is 30.5 Å². The first-order valence-electron chi connectivity index (χ1n) is 7.21. The fourth-order valence-electron chi connectivity index (χ4n) is 2.95. The van der Waals surface area contributed by atoms with Gasteiger partial charge in [0.15, 0.2) is 0 Å². The van der Waals surface area contributed by atoms with Gasteiger partial charge in [-0.15, -0.1) is 0 Å². The second-order valence-electron chi connectivity index (χ2n) is 5.43. The van der Waals surface area contributed by atoms with Crippen molar-refractivity contribution in [2.24, 2.45) is 5.73 Å². The van der Waals surface area contributed by atoms with Gasteiger partial charge in [0, 0.05) is 29.9 Å². The lowest BCUT2D eigenvalue weighted by molar-refractivity contribution is 0.438. The molecule has 0 spiro atoms. The van der Waals surface area contributed by atoms with Crippen LogP contribution in [-0.4, -0.2) is 9.97 Å². The lowest BCUT2D eigenvalue weighted by atomic mass is 9.87. The quantitative estimate of drug-likeness (QED) is 0.880. The minimum atomic E-state index is 0.573. The highest BCUT2D eigenvalue weighted by Gasteiger charge is 2.17. The number of imidazole rings is 1. The van der Waals surface area contributed by atoms with Crippen molar-refractivity contribution in [3.8, 4) is 11.4 Å². The zero-order chi connectivity index (χ0) is 13.1. The molecule has 0 amide bonds. The van der Waals surface area contributed by atoms with E-state index in [0.29, 0.717) is 12.5 Å². The van der Waals surface area contributed by atoms with Crippen LogP contribution >= 0.6 is 0 Å². The third-order valence-electron chi connectivity index (χ3n) is 4.08. The summed E-state index contributed by atoms with van der Waals surface area (Å²) in [4.78, 5) is 8.04. The molecule has 0 bridgehead atoms. The van der Waals surface area contributed by atoms with Crippen LogP contribution in [0.25, 0.3) is 11.4 Å². The topological polar surface area (TPSA) is 54.7 Å². The fraction of sp³-hybridized carbons (Fsp3) is 0.438. The summed E-state index contributed by atoms with van der Waals surface area (Å²) >= 11 is 0. The Morgan fingerprint density at radius 1 is 1.21 bits per heavy atom. The van der Waals surface area contributed by atoms with E-state index < -0.39 is 0 Å². The standard InChI is InChI=1S/C16H21N3/c17-10-12-5-4-8-14(9-12)16-18-11-15(19-16)13-6-2-1-3-7-13/h4-5,8-9,11,13H,1-3,6-7,10,17H2,(H,18,19). The average Bonchev–Trinajstić information content (AvgIpc) is 2.98. The molecule has 1 aromatic carbocycles. The summed E-state index contributed by atoms with van der Waals surface area (Å²) in [5.74, 6) is 1.64. The lowest BCUT2D eigenvalue weighted by Crippen LogP contribution is -2.04. The molecule has 19 heavy (non-hydrogen) atoms. The molecule has 3 N–H and O–H groups in total. The molecule has 0 radical (unpaired) electrons. The third-order valence-corrected chi connectivity index (χ3v) is 4.08. The van der Waals surface area contributed by atoms with E-state index in [1.807, 2.05) is 12.3 Å². The molecular weight excluding hydrogens is 234 g/mol. The van der Waals surface area contributed by atoms with Crippen molar-refractivity contribution in [3.63, 3.8) is 0 Å². The number of hydrogen-bond acceptors (Lipinski definition) is 2. The van der Waals surface area contributed by atoms with Crippen LogP contribution in [0.4, 0.5) is 0 Å². The van der Waals surface area contributed by atoms with Crippen molar-refractivity contribution in [2.45, 2.75) is 44.6 Å². The molecule has 0 unspecified atom stereocenters. The van der Waals surface area contributed by atoms with Gasteiger partial charge in [-0.2, -0.15) is 0 Å². The molecule has 1 heterocycles. The van der Waals surface area contributed by atoms with E-state index in [2.05, 4.69) is 28.2 Å². The van der Waals surface area contributed by atoms with E-state index in [9.17, 15) is 0 Å². The summed E-state index contributed by atoms with van der Waals surface area (Å²) in [5.41, 5.74) is 9.26. The van der Waals surface area contributed by atoms with Crippen molar-refractivity contribution in [1.29, 1.82) is 0 Å². The third kappa shape index (κ3) is 2.71. The maximum atomic E-state index is 5.69. The normalized spacial score (nSPS) is 16.7. The van der Waals surface area contributed by atoms with E-state index in [1.165, 1.54) is 37.8 Å². The van der Waals surface area contributed by atoms with Gasteiger partial charge in [0.25, 0.3) is 0 Å². The Bertz CT molecular complexity index is 538. The van der Waals surface area contributed by atoms with Crippen molar-refractivity contribution in [3.05, 3.63) is 41.7 Å². The van der Waals surface area contributed by atoms with Crippen LogP contribution in [0.5, 0.6) is 0 Å². The Labute approximate surface area is 114 Å². The Balaban J connectivity index is 1.83. The maximum Gasteiger partial charge on any atom is 0.137 e. The van der Waals surface area contributed by atoms with E-state index in [4.69, 9.17) is 5.73 Å². The number of H-pyrrole nitrogens is 1. The first-order valence-corrected chi connectivity index (χ1v) is 7.21. The summed E-state index contributed by atoms with van der Waals surface area (Å²) in [7, 11) is 0. The Morgan fingerprint density at radius 3 is 2.84 bits per heavy atom. The minimum absolute atomic E-state index is 0.573. The van der Waals surface area contributed by atoms with Gasteiger partial charge in [0.05, 0.1) is 0 Å². The number of nitrogens with zero attached hydrogens (tertiary/aromatic N) is 1. The zero-order valence-electron chi connectivity index (χ0n) is 11.2. The van der Waals surface area contributed by atoms with Gasteiger partial charge >= 0.3 is 0 Å². The average molecular weight is 255 g/mol. The Kier molecular flexibility index (Phi) is 3.65. The molecule has 100 valence electrons. The summed E-state index contributed by atoms with van der Waals surface area (Å²) in [6.45, 7) is 0.573. The first kappa shape index (κ1) is 12.4. The molecule has 2 aromatic rings. The molecule has 0 aliphatic heterocycles. The van der Waals surface area contributed by atoms with Crippen molar-refractivity contribution >= 4 is 0 Å². The van der Waals surface area contributed by atoms with Crippen LogP contribution in [0.2, 0.25) is 0 Å². The maximum absolute atomic E-state index is 5.69. The molecule has 3 rings (SSSR count). The molecular formula is C16H21N3. The molecule has 1 aliphatic carbocycles. The number of benzene rings is 1. The number of nitrogens with two attached hydrogens (primary N) is 1. The Morgan fingerprint density at radius 2 is 2.05 bits per heavy atom. The number of aromatic amines is 1. The van der Waals surface area contributed by atoms with Gasteiger partial charge in [-0.1, -0.05) is 37.5 Å². The van der Waals surface area contributed by atoms with Crippen molar-refractivity contribution in [2.75, 3.05) is 0 Å². The van der Waals surface area contributed by atoms with Crippen LogP contribution in [0, 0.1) is 0 Å². The highest BCUT2D eigenvalue weighted by molar-refractivity contribution is 5.56. The molecule has 1 saturated carbocycles. The van der Waals surface area contributed by atoms with Crippen LogP contribution in [0.3, 0.4) is 0 Å². The summed E-state index contributed by atoms with van der Waals surface area (Å²) in [5, 5.41) is 0. The zero-order valence-corrected chi connectivity index (χ0v) is 11.2. The summed E-state index contributed by atoms with van der Waals surface area (Å²) in [6.07, 6.45) is 8.69. The van der Waals surface area contributed by atoms with E-state index in [0.717, 1.165) is 17.0 Å². The van der Waals surface area contributed by atoms with Gasteiger partial charge in [0.2, 0.25) is 0 Å². The van der Waals surface area contributed by atoms with E-state index in [-0.39, 0.29) is 0 Å². The number of rotatable bonds is 3. The number of aromatic nitrogens is 2. The second kappa shape index (κ2) is 5.57. The highest BCUT2D eigenvalue weighted by atomic mass is 14.9. The molecule has 1 aliphatic rings. The van der Waals surface area contributed by atoms with Gasteiger partial charge in [0.1, 0.15) is 5.82 Å². The molecule has 0 atom stereocenters. The highest BCUT2D eigenvalue weighted by Crippen LogP contribution is 2.32. The molecule has 0 saturated heterocycles. The minimum Gasteiger partial charge on any atom is -0.342 e. The predicted octanol–water partition coefficient (Wildman–Crippen LogP) is 3.58. The molecule has 1 fully saturated rings. The fourth-order valence-corrected chi connectivity index (χ4v) is 2.95. The SMILES string of the molecule is NCc1cccc(-c2ncc(C3CCCCC3)[nH]2)c1. The van der Waals surface area contributed by atoms with Gasteiger partial charge < -0.3 is 10.7 Å². The predicted molar refractivity (Wildman–Crippen MR) is 77.7 cm³/mol. The lowest BCUT2D eigenvalue weighted by Gasteiger charge is -2.19. The van der Waals surface area contributed by atoms with Gasteiger partial charge in [-0.05, 0) is 24.5 Å². The van der Waals surface area contributed by atoms with Crippen LogP contribution in [0.1, 0.15) is 49.3 Å². The smallest absolute Gasteiger partial charge is 0.137 e. The summed E-state index contributed by atoms with van der Waals surface area (Å²) in [6, 6.07) is 8.29. The molecule has 1 aromatic heterocycles. The van der Waals surface area contributed by atoms with Gasteiger partial charge in [-0.25, -0.2) is 4.98 Å². The van der Waals surface area contributed by atoms with Gasteiger partial charge in [-0.3, -0.25) is 0 Å². The second-order valence-corrected chi connectivity index (χ2v) is 5.43. The van der Waals surface area contributed by atoms with Crippen molar-refractivity contribution < 1.29 is 0 Å². The first-order chi connectivity index (χ1) is 9.36. The van der Waals surface area contributed by atoms with Crippen molar-refractivity contribution in [1.82, 2.24) is 9.97 Å². The molecule has 3 nitrogen and oxygen atoms in total. The largest absolute Gasteiger partial charge is 0.342 e. The van der Waals surface area contributed by atoms with Crippen LogP contribution in [-0.2, 0) is 6.54 Å². The molecule has 3 heteroatoms. The van der Waals surface area contributed by atoms with E-state index >= 15 is 0 Å². The van der Waals surface area contributed by atoms with Crippen LogP contribution < -0.4 is 5.73 Å².